The van der Waals surface area contributed by atoms with E-state index in [1.54, 1.807) is 11.8 Å². The van der Waals surface area contributed by atoms with Gasteiger partial charge in [0.15, 0.2) is 0 Å². The Balaban J connectivity index is 2.58. The Morgan fingerprint density at radius 2 is 2.07 bits per heavy atom. The number of rotatable bonds is 4. The normalized spacial score (nSPS) is 12.2. The zero-order chi connectivity index (χ0) is 11.3. The average molecular weight is 244 g/mol. The Kier molecular flexibility index (Phi) is 4.99. The van der Waals surface area contributed by atoms with E-state index in [-0.39, 0.29) is 11.3 Å². The highest BCUT2D eigenvalue weighted by atomic mass is 35.5. The van der Waals surface area contributed by atoms with Crippen molar-refractivity contribution in [3.8, 4) is 0 Å². The van der Waals surface area contributed by atoms with Gasteiger partial charge in [-0.25, -0.2) is 0 Å². The molecule has 1 aromatic rings. The van der Waals surface area contributed by atoms with E-state index in [2.05, 4.69) is 5.32 Å². The van der Waals surface area contributed by atoms with Crippen molar-refractivity contribution in [2.45, 2.75) is 17.2 Å². The molecule has 0 aromatic heterocycles. The maximum atomic E-state index is 11.6. The summed E-state index contributed by atoms with van der Waals surface area (Å²) in [6.07, 6.45) is 2.00. The molecule has 1 atom stereocenters. The molecule has 0 saturated carbocycles. The quantitative estimate of drug-likeness (QED) is 0.651. The van der Waals surface area contributed by atoms with E-state index in [1.165, 1.54) is 0 Å². The van der Waals surface area contributed by atoms with Crippen molar-refractivity contribution in [3.05, 3.63) is 29.8 Å². The van der Waals surface area contributed by atoms with Crippen molar-refractivity contribution in [3.63, 3.8) is 0 Å². The van der Waals surface area contributed by atoms with Crippen molar-refractivity contribution in [1.29, 1.82) is 0 Å². The van der Waals surface area contributed by atoms with E-state index in [1.807, 2.05) is 37.4 Å². The van der Waals surface area contributed by atoms with Crippen LogP contribution in [0.15, 0.2) is 29.2 Å². The number of benzene rings is 1. The minimum atomic E-state index is -0.0739. The summed E-state index contributed by atoms with van der Waals surface area (Å²) >= 11 is 7.39. The Hall–Kier alpha value is -0.670. The third kappa shape index (κ3) is 4.14. The molecule has 1 amide bonds. The summed E-state index contributed by atoms with van der Waals surface area (Å²) in [7, 11) is 0. The lowest BCUT2D eigenvalue weighted by molar-refractivity contribution is 0.0954. The van der Waals surface area contributed by atoms with Crippen molar-refractivity contribution in [2.24, 2.45) is 0 Å². The van der Waals surface area contributed by atoms with E-state index < -0.39 is 0 Å². The lowest BCUT2D eigenvalue weighted by Gasteiger charge is -2.06. The smallest absolute Gasteiger partial charge is 0.251 e. The minimum Gasteiger partial charge on any atom is -0.351 e. The molecular weight excluding hydrogens is 230 g/mol. The first kappa shape index (κ1) is 12.4. The predicted octanol–water partition coefficient (Wildman–Crippen LogP) is 2.77. The van der Waals surface area contributed by atoms with E-state index >= 15 is 0 Å². The highest BCUT2D eigenvalue weighted by molar-refractivity contribution is 7.98. The van der Waals surface area contributed by atoms with Crippen LogP contribution in [0.2, 0.25) is 0 Å². The summed E-state index contributed by atoms with van der Waals surface area (Å²) in [5, 5.41) is 2.72. The van der Waals surface area contributed by atoms with Gasteiger partial charge in [0.2, 0.25) is 0 Å². The van der Waals surface area contributed by atoms with E-state index in [0.29, 0.717) is 12.1 Å². The number of nitrogens with one attached hydrogen (secondary N) is 1. The maximum absolute atomic E-state index is 11.6. The summed E-state index contributed by atoms with van der Waals surface area (Å²) in [5.74, 6) is -0.0739. The van der Waals surface area contributed by atoms with Crippen LogP contribution in [-0.2, 0) is 0 Å². The number of hydrogen-bond acceptors (Lipinski definition) is 2. The van der Waals surface area contributed by atoms with Crippen LogP contribution >= 0.6 is 23.4 Å². The topological polar surface area (TPSA) is 29.1 Å². The van der Waals surface area contributed by atoms with Crippen LogP contribution in [0.4, 0.5) is 0 Å². The van der Waals surface area contributed by atoms with Gasteiger partial charge in [-0.2, -0.15) is 0 Å². The highest BCUT2D eigenvalue weighted by Gasteiger charge is 2.05. The second kappa shape index (κ2) is 6.03. The number of thioether (sulfide) groups is 1. The van der Waals surface area contributed by atoms with Gasteiger partial charge in [0.1, 0.15) is 0 Å². The predicted molar refractivity (Wildman–Crippen MR) is 65.9 cm³/mol. The molecule has 1 N–H and O–H groups in total. The molecule has 0 fully saturated rings. The van der Waals surface area contributed by atoms with E-state index in [4.69, 9.17) is 11.6 Å². The van der Waals surface area contributed by atoms with Crippen LogP contribution in [0.5, 0.6) is 0 Å². The van der Waals surface area contributed by atoms with Crippen molar-refractivity contribution in [1.82, 2.24) is 5.32 Å². The van der Waals surface area contributed by atoms with Crippen LogP contribution in [0, 0.1) is 0 Å². The fraction of sp³-hybridized carbons (Fsp3) is 0.364. The molecule has 82 valence electrons. The fourth-order valence-electron chi connectivity index (χ4n) is 1.08. The number of amides is 1. The van der Waals surface area contributed by atoms with Gasteiger partial charge >= 0.3 is 0 Å². The lowest BCUT2D eigenvalue weighted by Crippen LogP contribution is -2.28. The molecule has 0 bridgehead atoms. The summed E-state index contributed by atoms with van der Waals surface area (Å²) in [5.41, 5.74) is 0.671. The standard InChI is InChI=1S/C11H14ClNOS/c1-8(12)7-13-11(14)9-3-5-10(15-2)6-4-9/h3-6,8H,7H2,1-2H3,(H,13,14). The number of hydrogen-bond donors (Lipinski definition) is 1. The number of carbonyl (C=O) groups excluding carboxylic acids is 1. The molecular formula is C11H14ClNOS. The van der Waals surface area contributed by atoms with Gasteiger partial charge in [-0.05, 0) is 37.4 Å². The fourth-order valence-corrected chi connectivity index (χ4v) is 1.56. The summed E-state index contributed by atoms with van der Waals surface area (Å²) in [6, 6.07) is 7.51. The monoisotopic (exact) mass is 243 g/mol. The minimum absolute atomic E-state index is 0.0422. The first-order valence-electron chi connectivity index (χ1n) is 4.70. The van der Waals surface area contributed by atoms with Crippen LogP contribution in [0.3, 0.4) is 0 Å². The Bertz CT molecular complexity index is 324. The molecule has 0 radical (unpaired) electrons. The Morgan fingerprint density at radius 1 is 1.47 bits per heavy atom. The molecule has 1 unspecified atom stereocenters. The molecule has 0 aliphatic rings. The van der Waals surface area contributed by atoms with Gasteiger partial charge in [0, 0.05) is 22.4 Å². The number of alkyl halides is 1. The summed E-state index contributed by atoms with van der Waals surface area (Å²) in [6.45, 7) is 2.34. The first-order chi connectivity index (χ1) is 7.13. The zero-order valence-electron chi connectivity index (χ0n) is 8.79. The van der Waals surface area contributed by atoms with Gasteiger partial charge in [-0.1, -0.05) is 0 Å². The van der Waals surface area contributed by atoms with Crippen LogP contribution < -0.4 is 5.32 Å². The average Bonchev–Trinajstić information content (AvgIpc) is 2.26. The molecule has 0 saturated heterocycles. The number of carbonyl (C=O) groups is 1. The molecule has 0 aliphatic heterocycles. The summed E-state index contributed by atoms with van der Waals surface area (Å²) < 4.78 is 0. The third-order valence-electron chi connectivity index (χ3n) is 1.90. The van der Waals surface area contributed by atoms with Crippen LogP contribution in [-0.4, -0.2) is 24.1 Å². The lowest BCUT2D eigenvalue weighted by atomic mass is 10.2. The SMILES string of the molecule is CSc1ccc(C(=O)NCC(C)Cl)cc1. The van der Waals surface area contributed by atoms with Gasteiger partial charge in [0.25, 0.3) is 5.91 Å². The number of halogens is 1. The van der Waals surface area contributed by atoms with Crippen LogP contribution in [0.1, 0.15) is 17.3 Å². The summed E-state index contributed by atoms with van der Waals surface area (Å²) in [4.78, 5) is 12.7. The molecule has 4 heteroatoms. The largest absolute Gasteiger partial charge is 0.351 e. The van der Waals surface area contributed by atoms with Crippen molar-refractivity contribution >= 4 is 29.3 Å². The second-order valence-electron chi connectivity index (χ2n) is 3.22. The van der Waals surface area contributed by atoms with Gasteiger partial charge in [-0.15, -0.1) is 23.4 Å². The molecule has 0 heterocycles. The van der Waals surface area contributed by atoms with Crippen molar-refractivity contribution in [2.75, 3.05) is 12.8 Å². The van der Waals surface area contributed by atoms with Crippen LogP contribution in [0.25, 0.3) is 0 Å². The molecule has 0 spiro atoms. The molecule has 1 rings (SSSR count). The molecule has 2 nitrogen and oxygen atoms in total. The van der Waals surface area contributed by atoms with Gasteiger partial charge in [-0.3, -0.25) is 4.79 Å². The van der Waals surface area contributed by atoms with E-state index in [0.717, 1.165) is 4.90 Å². The molecule has 1 aromatic carbocycles. The Morgan fingerprint density at radius 3 is 2.53 bits per heavy atom. The zero-order valence-corrected chi connectivity index (χ0v) is 10.4. The molecule has 0 aliphatic carbocycles. The Labute approximate surface area is 99.4 Å². The molecule has 15 heavy (non-hydrogen) atoms. The highest BCUT2D eigenvalue weighted by Crippen LogP contribution is 2.14. The van der Waals surface area contributed by atoms with Crippen molar-refractivity contribution < 1.29 is 4.79 Å². The maximum Gasteiger partial charge on any atom is 0.251 e. The second-order valence-corrected chi connectivity index (χ2v) is 4.84. The third-order valence-corrected chi connectivity index (χ3v) is 2.79. The van der Waals surface area contributed by atoms with Gasteiger partial charge < -0.3 is 5.32 Å². The van der Waals surface area contributed by atoms with E-state index in [9.17, 15) is 4.79 Å². The van der Waals surface area contributed by atoms with Gasteiger partial charge in [0.05, 0.1) is 0 Å². The first-order valence-corrected chi connectivity index (χ1v) is 6.36.